The number of aliphatic hydroxyl groups excluding tert-OH is 1. The molecule has 0 heterocycles. The molecule has 6 atom stereocenters. The fourth-order valence-corrected chi connectivity index (χ4v) is 10.8. The molecule has 0 aliphatic rings. The first kappa shape index (κ1) is 79.1. The Balaban J connectivity index is 5.22. The summed E-state index contributed by atoms with van der Waals surface area (Å²) in [6.45, 7) is 7.13. The summed E-state index contributed by atoms with van der Waals surface area (Å²) in [5, 5.41) is 10.5. The lowest BCUT2D eigenvalue weighted by molar-refractivity contribution is -0.161. The Morgan fingerprint density at radius 3 is 0.877 bits per heavy atom. The van der Waals surface area contributed by atoms with Gasteiger partial charge in [-0.1, -0.05) is 259 Å². The number of carbonyl (C=O) groups is 4. The summed E-state index contributed by atoms with van der Waals surface area (Å²) in [7, 11) is -9.88. The minimum absolute atomic E-state index is 0.105. The Morgan fingerprint density at radius 1 is 0.346 bits per heavy atom. The Labute approximate surface area is 492 Å². The van der Waals surface area contributed by atoms with Crippen LogP contribution in [0.3, 0.4) is 0 Å². The first-order chi connectivity index (χ1) is 39.1. The largest absolute Gasteiger partial charge is 0.472 e. The molecule has 0 spiro atoms. The van der Waals surface area contributed by atoms with E-state index in [2.05, 4.69) is 34.6 Å². The molecule has 0 aromatic rings. The molecule has 0 saturated carbocycles. The predicted octanol–water partition coefficient (Wildman–Crippen LogP) is 17.0. The quantitative estimate of drug-likeness (QED) is 0.0222. The highest BCUT2D eigenvalue weighted by atomic mass is 31.2. The number of carbonyl (C=O) groups excluding carboxylic acids is 4. The summed E-state index contributed by atoms with van der Waals surface area (Å²) < 4.78 is 67.8. The third-order valence-corrected chi connectivity index (χ3v) is 16.5. The third kappa shape index (κ3) is 55.7. The van der Waals surface area contributed by atoms with Gasteiger partial charge in [-0.15, -0.1) is 0 Å². The molecule has 0 radical (unpaired) electrons. The van der Waals surface area contributed by atoms with Gasteiger partial charge in [0.15, 0.2) is 12.2 Å². The van der Waals surface area contributed by atoms with Gasteiger partial charge in [0.2, 0.25) is 0 Å². The molecule has 19 heteroatoms. The zero-order valence-corrected chi connectivity index (χ0v) is 53.7. The highest BCUT2D eigenvalue weighted by Crippen LogP contribution is 2.45. The van der Waals surface area contributed by atoms with E-state index in [9.17, 15) is 43.2 Å². The van der Waals surface area contributed by atoms with Crippen LogP contribution < -0.4 is 0 Å². The second-order valence-electron chi connectivity index (χ2n) is 22.7. The first-order valence-electron chi connectivity index (χ1n) is 32.7. The molecule has 81 heavy (non-hydrogen) atoms. The number of unbranched alkanes of at least 4 members (excludes halogenated alkanes) is 33. The van der Waals surface area contributed by atoms with Gasteiger partial charge in [-0.2, -0.15) is 0 Å². The van der Waals surface area contributed by atoms with Crippen LogP contribution in [0.1, 0.15) is 311 Å². The number of aliphatic hydroxyl groups is 1. The minimum atomic E-state index is -4.94. The molecule has 0 aliphatic heterocycles. The molecule has 480 valence electrons. The number of esters is 4. The lowest BCUT2D eigenvalue weighted by Gasteiger charge is -2.21. The van der Waals surface area contributed by atoms with Gasteiger partial charge in [0.25, 0.3) is 0 Å². The molecular weight excluding hydrogens is 1080 g/mol. The van der Waals surface area contributed by atoms with E-state index < -0.39 is 97.5 Å². The maximum atomic E-state index is 13.0. The van der Waals surface area contributed by atoms with Crippen molar-refractivity contribution in [2.75, 3.05) is 39.6 Å². The summed E-state index contributed by atoms with van der Waals surface area (Å²) in [5.41, 5.74) is 0. The molecule has 0 amide bonds. The van der Waals surface area contributed by atoms with Crippen LogP contribution in [0.2, 0.25) is 0 Å². The number of ether oxygens (including phenoxy) is 4. The molecule has 0 saturated heterocycles. The molecular formula is C62H120O17P2. The number of phosphoric ester groups is 2. The van der Waals surface area contributed by atoms with E-state index in [1.54, 1.807) is 0 Å². The predicted molar refractivity (Wildman–Crippen MR) is 322 cm³/mol. The minimum Gasteiger partial charge on any atom is -0.462 e. The molecule has 3 unspecified atom stereocenters. The molecule has 0 bridgehead atoms. The van der Waals surface area contributed by atoms with E-state index in [4.69, 9.17) is 37.0 Å². The van der Waals surface area contributed by atoms with E-state index >= 15 is 0 Å². The lowest BCUT2D eigenvalue weighted by Crippen LogP contribution is -2.30. The Hall–Kier alpha value is -1.94. The van der Waals surface area contributed by atoms with E-state index in [1.807, 2.05) is 0 Å². The number of hydrogen-bond donors (Lipinski definition) is 3. The third-order valence-electron chi connectivity index (χ3n) is 14.6. The van der Waals surface area contributed by atoms with Crippen molar-refractivity contribution in [3.8, 4) is 0 Å². The van der Waals surface area contributed by atoms with Crippen LogP contribution in [0.5, 0.6) is 0 Å². The fourth-order valence-electron chi connectivity index (χ4n) is 9.20. The van der Waals surface area contributed by atoms with Crippen LogP contribution >= 0.6 is 15.6 Å². The number of hydrogen-bond acceptors (Lipinski definition) is 15. The van der Waals surface area contributed by atoms with Crippen LogP contribution in [-0.2, 0) is 65.4 Å². The van der Waals surface area contributed by atoms with Crippen molar-refractivity contribution in [3.05, 3.63) is 0 Å². The van der Waals surface area contributed by atoms with Crippen LogP contribution in [0.4, 0.5) is 0 Å². The summed E-state index contributed by atoms with van der Waals surface area (Å²) in [6.07, 6.45) is 38.9. The van der Waals surface area contributed by atoms with Crippen molar-refractivity contribution >= 4 is 39.5 Å². The van der Waals surface area contributed by atoms with Gasteiger partial charge in [0.1, 0.15) is 19.3 Å². The highest BCUT2D eigenvalue weighted by Gasteiger charge is 2.30. The molecule has 17 nitrogen and oxygen atoms in total. The zero-order chi connectivity index (χ0) is 59.9. The van der Waals surface area contributed by atoms with E-state index in [0.29, 0.717) is 25.7 Å². The fraction of sp³-hybridized carbons (Fsp3) is 0.935. The lowest BCUT2D eigenvalue weighted by atomic mass is 9.99. The number of rotatable bonds is 62. The van der Waals surface area contributed by atoms with Crippen molar-refractivity contribution in [1.82, 2.24) is 0 Å². The van der Waals surface area contributed by atoms with Crippen LogP contribution in [0.15, 0.2) is 0 Å². The van der Waals surface area contributed by atoms with Crippen molar-refractivity contribution in [1.29, 1.82) is 0 Å². The van der Waals surface area contributed by atoms with Gasteiger partial charge in [-0.3, -0.25) is 37.3 Å². The van der Waals surface area contributed by atoms with Gasteiger partial charge in [-0.05, 0) is 31.6 Å². The van der Waals surface area contributed by atoms with E-state index in [0.717, 1.165) is 109 Å². The summed E-state index contributed by atoms with van der Waals surface area (Å²) >= 11 is 0. The SMILES string of the molecule is CCCCCCCCCCCCCCCC(=O)O[C@H](COC(=O)CCCCCCCCCCC(C)CC)COP(=O)(O)OC[C@@H](O)COP(=O)(O)OC[C@@H](COC(=O)CCCCCCCCCC)OC(=O)CCCCCCCCCC. The van der Waals surface area contributed by atoms with E-state index in [-0.39, 0.29) is 25.7 Å². The summed E-state index contributed by atoms with van der Waals surface area (Å²) in [4.78, 5) is 72.0. The maximum absolute atomic E-state index is 13.0. The first-order valence-corrected chi connectivity index (χ1v) is 35.7. The van der Waals surface area contributed by atoms with Crippen molar-refractivity contribution < 1.29 is 80.2 Å². The molecule has 3 N–H and O–H groups in total. The van der Waals surface area contributed by atoms with Gasteiger partial charge >= 0.3 is 39.5 Å². The average molecular weight is 1200 g/mol. The summed E-state index contributed by atoms with van der Waals surface area (Å²) in [6, 6.07) is 0. The molecule has 0 aromatic carbocycles. The second kappa shape index (κ2) is 55.9. The smallest absolute Gasteiger partial charge is 0.462 e. The topological polar surface area (TPSA) is 237 Å². The van der Waals surface area contributed by atoms with Crippen LogP contribution in [0, 0.1) is 5.92 Å². The van der Waals surface area contributed by atoms with Gasteiger partial charge in [0.05, 0.1) is 26.4 Å². The normalized spacial score (nSPS) is 14.6. The van der Waals surface area contributed by atoms with Crippen LogP contribution in [-0.4, -0.2) is 96.7 Å². The zero-order valence-electron chi connectivity index (χ0n) is 51.9. The van der Waals surface area contributed by atoms with Gasteiger partial charge in [-0.25, -0.2) is 9.13 Å². The average Bonchev–Trinajstić information content (AvgIpc) is 3.44. The van der Waals surface area contributed by atoms with Gasteiger partial charge < -0.3 is 33.8 Å². The number of phosphoric acid groups is 2. The highest BCUT2D eigenvalue weighted by molar-refractivity contribution is 7.47. The second-order valence-corrected chi connectivity index (χ2v) is 25.6. The Morgan fingerprint density at radius 2 is 0.593 bits per heavy atom. The molecule has 0 rings (SSSR count). The Kier molecular flexibility index (Phi) is 54.6. The van der Waals surface area contributed by atoms with Gasteiger partial charge in [0, 0.05) is 25.7 Å². The Bertz CT molecular complexity index is 1590. The van der Waals surface area contributed by atoms with Crippen molar-refractivity contribution in [3.63, 3.8) is 0 Å². The molecule has 0 fully saturated rings. The molecule has 0 aliphatic carbocycles. The van der Waals surface area contributed by atoms with Crippen molar-refractivity contribution in [2.24, 2.45) is 5.92 Å². The summed E-state index contributed by atoms with van der Waals surface area (Å²) in [5.74, 6) is -1.36. The van der Waals surface area contributed by atoms with E-state index in [1.165, 1.54) is 122 Å². The van der Waals surface area contributed by atoms with Crippen molar-refractivity contribution in [2.45, 2.75) is 329 Å². The monoisotopic (exact) mass is 1200 g/mol. The van der Waals surface area contributed by atoms with Crippen LogP contribution in [0.25, 0.3) is 0 Å². The standard InChI is InChI=1S/C62H120O17P2/c1-6-10-13-16-19-22-23-24-25-26-33-38-43-48-62(67)79-58(52-73-60(65)46-41-36-32-28-27-29-34-39-44-55(5)9-4)54-77-81(70,71)75-50-56(63)49-74-80(68,69)76-53-57(78-61(66)47-42-37-31-21-18-15-12-8-3)51-72-59(64)45-40-35-30-20-17-14-11-7-2/h55-58,63H,6-54H2,1-5H3,(H,68,69)(H,70,71)/t55?,56-,57+,58+/m0/s1. The molecule has 0 aromatic heterocycles. The maximum Gasteiger partial charge on any atom is 0.472 e.